The molecule has 0 heterocycles. The van der Waals surface area contributed by atoms with Gasteiger partial charge in [-0.25, -0.2) is 4.39 Å². The van der Waals surface area contributed by atoms with Crippen molar-refractivity contribution < 1.29 is 9.13 Å². The second kappa shape index (κ2) is 8.47. The highest BCUT2D eigenvalue weighted by Crippen LogP contribution is 2.32. The van der Waals surface area contributed by atoms with Crippen LogP contribution in [0, 0.1) is 5.82 Å². The van der Waals surface area contributed by atoms with Gasteiger partial charge in [0.1, 0.15) is 5.82 Å². The van der Waals surface area contributed by atoms with Gasteiger partial charge in [-0.05, 0) is 52.4 Å². The van der Waals surface area contributed by atoms with Crippen molar-refractivity contribution in [3.05, 3.63) is 58.4 Å². The van der Waals surface area contributed by atoms with Crippen LogP contribution < -0.4 is 0 Å². The molecule has 0 saturated heterocycles. The van der Waals surface area contributed by atoms with E-state index in [-0.39, 0.29) is 5.82 Å². The highest BCUT2D eigenvalue weighted by atomic mass is 31.0. The molecular weight excluding hydrogens is 332 g/mol. The molecule has 2 aromatic carbocycles. The zero-order valence-corrected chi connectivity index (χ0v) is 16.2. The van der Waals surface area contributed by atoms with Crippen molar-refractivity contribution in [2.75, 3.05) is 7.11 Å². The normalized spacial score (nSPS) is 11.0. The van der Waals surface area contributed by atoms with Gasteiger partial charge in [0.2, 0.25) is 0 Å². The van der Waals surface area contributed by atoms with Gasteiger partial charge < -0.3 is 4.74 Å². The molecule has 2 rings (SSSR count). The summed E-state index contributed by atoms with van der Waals surface area (Å²) in [6, 6.07) is 9.69. The molecule has 5 heteroatoms. The van der Waals surface area contributed by atoms with E-state index < -0.39 is 0 Å². The third-order valence-corrected chi connectivity index (χ3v) is 5.08. The van der Waals surface area contributed by atoms with Crippen LogP contribution in [-0.4, -0.2) is 7.11 Å². The van der Waals surface area contributed by atoms with Crippen LogP contribution in [0.2, 0.25) is 0 Å². The maximum absolute atomic E-state index is 14.5. The topological polar surface area (TPSA) is 9.23 Å². The molecule has 1 nitrogen and oxygen atoms in total. The summed E-state index contributed by atoms with van der Waals surface area (Å²) in [7, 11) is 9.80. The molecule has 0 radical (unpaired) electrons. The SMILES string of the molecule is COCc1cc(CP)c(CP)cc1-c1ccc(CP)cc1F. The Balaban J connectivity index is 2.61. The third-order valence-electron chi connectivity index (χ3n) is 3.72. The predicted octanol–water partition coefficient (Wildman–Crippen LogP) is 4.76. The fourth-order valence-corrected chi connectivity index (χ4v) is 3.56. The van der Waals surface area contributed by atoms with E-state index in [9.17, 15) is 4.39 Å². The van der Waals surface area contributed by atoms with Gasteiger partial charge in [-0.3, -0.25) is 0 Å². The zero-order chi connectivity index (χ0) is 16.1. The molecule has 0 bridgehead atoms. The molecule has 3 unspecified atom stereocenters. The summed E-state index contributed by atoms with van der Waals surface area (Å²) in [5, 5.41) is 0. The van der Waals surface area contributed by atoms with Gasteiger partial charge in [-0.15, -0.1) is 27.7 Å². The van der Waals surface area contributed by atoms with Crippen molar-refractivity contribution in [1.29, 1.82) is 0 Å². The standard InChI is InChI=1S/C17H22FOP3/c1-19-7-12-5-13(9-21)14(10-22)6-16(12)15-3-2-11(8-20)4-17(15)18/h2-6H,7-10,20-22H2,1H3. The molecule has 22 heavy (non-hydrogen) atoms. The summed E-state index contributed by atoms with van der Waals surface area (Å²) in [6.45, 7) is 0.481. The zero-order valence-electron chi connectivity index (χ0n) is 12.7. The lowest BCUT2D eigenvalue weighted by atomic mass is 9.94. The molecule has 0 aliphatic rings. The quantitative estimate of drug-likeness (QED) is 0.680. The van der Waals surface area contributed by atoms with Crippen molar-refractivity contribution in [2.45, 2.75) is 25.1 Å². The number of benzene rings is 2. The van der Waals surface area contributed by atoms with E-state index in [1.807, 2.05) is 12.1 Å². The number of hydrogen-bond donors (Lipinski definition) is 0. The minimum atomic E-state index is -0.175. The Kier molecular flexibility index (Phi) is 6.91. The van der Waals surface area contributed by atoms with E-state index in [0.717, 1.165) is 35.2 Å². The lowest BCUT2D eigenvalue weighted by Crippen LogP contribution is -1.99. The first-order valence-corrected chi connectivity index (χ1v) is 9.62. The van der Waals surface area contributed by atoms with Gasteiger partial charge in [-0.2, -0.15) is 0 Å². The Morgan fingerprint density at radius 2 is 1.55 bits per heavy atom. The van der Waals surface area contributed by atoms with E-state index in [2.05, 4.69) is 39.9 Å². The summed E-state index contributed by atoms with van der Waals surface area (Å²) in [6.07, 6.45) is 2.50. The van der Waals surface area contributed by atoms with Crippen LogP contribution in [0.5, 0.6) is 0 Å². The van der Waals surface area contributed by atoms with Crippen LogP contribution >= 0.6 is 27.7 Å². The lowest BCUT2D eigenvalue weighted by Gasteiger charge is -2.16. The molecule has 0 amide bonds. The van der Waals surface area contributed by atoms with Crippen molar-refractivity contribution >= 4 is 27.7 Å². The molecule has 0 saturated carbocycles. The smallest absolute Gasteiger partial charge is 0.131 e. The van der Waals surface area contributed by atoms with Gasteiger partial charge in [-0.1, -0.05) is 24.3 Å². The van der Waals surface area contributed by atoms with E-state index in [0.29, 0.717) is 12.2 Å². The first-order chi connectivity index (χ1) is 10.6. The summed E-state index contributed by atoms with van der Waals surface area (Å²) >= 11 is 0. The third kappa shape index (κ3) is 3.93. The average Bonchev–Trinajstić information content (AvgIpc) is 2.54. The molecule has 0 aliphatic carbocycles. The second-order valence-corrected chi connectivity index (χ2v) is 6.36. The number of ether oxygens (including phenoxy) is 1. The van der Waals surface area contributed by atoms with Crippen LogP contribution in [0.3, 0.4) is 0 Å². The maximum atomic E-state index is 14.5. The van der Waals surface area contributed by atoms with Crippen LogP contribution in [0.25, 0.3) is 11.1 Å². The fourth-order valence-electron chi connectivity index (χ4n) is 2.55. The maximum Gasteiger partial charge on any atom is 0.131 e. The largest absolute Gasteiger partial charge is 0.380 e. The number of methoxy groups -OCH3 is 1. The molecule has 0 aliphatic heterocycles. The number of halogens is 1. The monoisotopic (exact) mass is 354 g/mol. The molecule has 3 atom stereocenters. The lowest BCUT2D eigenvalue weighted by molar-refractivity contribution is 0.185. The summed E-state index contributed by atoms with van der Waals surface area (Å²) in [5.74, 6) is -0.175. The highest BCUT2D eigenvalue weighted by molar-refractivity contribution is 7.16. The minimum absolute atomic E-state index is 0.175. The van der Waals surface area contributed by atoms with E-state index in [4.69, 9.17) is 4.74 Å². The molecule has 0 fully saturated rings. The summed E-state index contributed by atoms with van der Waals surface area (Å²) in [5.41, 5.74) is 6.06. The van der Waals surface area contributed by atoms with Crippen LogP contribution in [0.4, 0.5) is 4.39 Å². The Hall–Kier alpha value is -0.380. The van der Waals surface area contributed by atoms with Crippen LogP contribution in [0.1, 0.15) is 22.3 Å². The molecule has 0 N–H and O–H groups in total. The molecule has 0 aromatic heterocycles. The summed E-state index contributed by atoms with van der Waals surface area (Å²) in [4.78, 5) is 0. The van der Waals surface area contributed by atoms with Gasteiger partial charge in [0.05, 0.1) is 6.61 Å². The molecular formula is C17H22FOP3. The Morgan fingerprint density at radius 1 is 0.864 bits per heavy atom. The van der Waals surface area contributed by atoms with Gasteiger partial charge >= 0.3 is 0 Å². The van der Waals surface area contributed by atoms with Gasteiger partial charge in [0.15, 0.2) is 0 Å². The average molecular weight is 354 g/mol. The first kappa shape index (κ1) is 18.0. The Bertz CT molecular complexity index is 659. The molecule has 0 spiro atoms. The fraction of sp³-hybridized carbons (Fsp3) is 0.294. The highest BCUT2D eigenvalue weighted by Gasteiger charge is 2.13. The van der Waals surface area contributed by atoms with Crippen molar-refractivity contribution in [3.8, 4) is 11.1 Å². The predicted molar refractivity (Wildman–Crippen MR) is 103 cm³/mol. The van der Waals surface area contributed by atoms with E-state index >= 15 is 0 Å². The minimum Gasteiger partial charge on any atom is -0.380 e. The van der Waals surface area contributed by atoms with E-state index in [1.54, 1.807) is 13.2 Å². The second-order valence-electron chi connectivity index (χ2n) is 5.14. The van der Waals surface area contributed by atoms with Crippen molar-refractivity contribution in [3.63, 3.8) is 0 Å². The summed E-state index contributed by atoms with van der Waals surface area (Å²) < 4.78 is 19.8. The van der Waals surface area contributed by atoms with Crippen LogP contribution in [-0.2, 0) is 29.8 Å². The first-order valence-electron chi connectivity index (χ1n) is 7.17. The Morgan fingerprint density at radius 3 is 2.09 bits per heavy atom. The Labute approximate surface area is 139 Å². The number of hydrogen-bond acceptors (Lipinski definition) is 1. The molecule has 118 valence electrons. The van der Waals surface area contributed by atoms with Gasteiger partial charge in [0, 0.05) is 12.7 Å². The molecule has 2 aromatic rings. The van der Waals surface area contributed by atoms with Crippen LogP contribution in [0.15, 0.2) is 30.3 Å². The van der Waals surface area contributed by atoms with Gasteiger partial charge in [0.25, 0.3) is 0 Å². The van der Waals surface area contributed by atoms with Crippen molar-refractivity contribution in [2.24, 2.45) is 0 Å². The number of rotatable bonds is 6. The van der Waals surface area contributed by atoms with Crippen molar-refractivity contribution in [1.82, 2.24) is 0 Å². The van der Waals surface area contributed by atoms with E-state index in [1.165, 1.54) is 11.1 Å².